The van der Waals surface area contributed by atoms with Crippen molar-refractivity contribution >= 4 is 22.8 Å². The van der Waals surface area contributed by atoms with Gasteiger partial charge < -0.3 is 9.47 Å². The molecule has 5 aromatic rings. The topological polar surface area (TPSA) is 58.3 Å². The van der Waals surface area contributed by atoms with Crippen LogP contribution in [0.15, 0.2) is 94.7 Å². The van der Waals surface area contributed by atoms with E-state index in [0.29, 0.717) is 12.4 Å². The number of hydrogen-bond acceptors (Lipinski definition) is 5. The molecule has 1 saturated carbocycles. The Labute approximate surface area is 232 Å². The van der Waals surface area contributed by atoms with Gasteiger partial charge in [0.2, 0.25) is 0 Å². The lowest BCUT2D eigenvalue weighted by Crippen LogP contribution is -2.24. The third-order valence-corrected chi connectivity index (χ3v) is 8.15. The highest BCUT2D eigenvalue weighted by Crippen LogP contribution is 2.35. The van der Waals surface area contributed by atoms with Crippen molar-refractivity contribution < 1.29 is 9.47 Å². The zero-order valence-electron chi connectivity index (χ0n) is 22.2. The summed E-state index contributed by atoms with van der Waals surface area (Å²) in [6.45, 7) is 0.495. The Kier molecular flexibility index (Phi) is 7.16. The monoisotopic (exact) mass is 537 g/mol. The average molecular weight is 538 g/mol. The number of benzene rings is 3. The Hall–Kier alpha value is -3.97. The number of imidazole rings is 1. The summed E-state index contributed by atoms with van der Waals surface area (Å²) in [5.74, 6) is 2.08. The Balaban J connectivity index is 1.33. The fourth-order valence-corrected chi connectivity index (χ4v) is 5.73. The first-order chi connectivity index (χ1) is 19.1. The minimum Gasteiger partial charge on any atom is -0.493 e. The van der Waals surface area contributed by atoms with Crippen LogP contribution in [0.25, 0.3) is 28.0 Å². The molecule has 1 aliphatic carbocycles. The van der Waals surface area contributed by atoms with E-state index < -0.39 is 0 Å². The molecule has 0 unspecified atom stereocenters. The van der Waals surface area contributed by atoms with Crippen molar-refractivity contribution in [2.24, 2.45) is 0 Å². The fourth-order valence-electron chi connectivity index (χ4n) is 5.32. The van der Waals surface area contributed by atoms with E-state index >= 15 is 0 Å². The Bertz CT molecular complexity index is 1650. The first-order valence-electron chi connectivity index (χ1n) is 13.3. The number of para-hydroxylation sites is 2. The van der Waals surface area contributed by atoms with Crippen molar-refractivity contribution in [2.45, 2.75) is 43.2 Å². The molecule has 0 saturated heterocycles. The molecule has 1 fully saturated rings. The molecule has 2 aromatic heterocycles. The van der Waals surface area contributed by atoms with Gasteiger partial charge in [0.05, 0.1) is 30.8 Å². The predicted octanol–water partition coefficient (Wildman–Crippen LogP) is 6.95. The van der Waals surface area contributed by atoms with E-state index in [0.717, 1.165) is 52.1 Å². The minimum atomic E-state index is -0.109. The smallest absolute Gasteiger partial charge is 0.335 e. The van der Waals surface area contributed by atoms with Crippen molar-refractivity contribution in [3.63, 3.8) is 0 Å². The molecule has 198 valence electrons. The lowest BCUT2D eigenvalue weighted by atomic mass is 10.1. The highest BCUT2D eigenvalue weighted by molar-refractivity contribution is 7.98. The van der Waals surface area contributed by atoms with Gasteiger partial charge in [-0.25, -0.2) is 14.3 Å². The number of thioether (sulfide) groups is 1. The number of methoxy groups -OCH3 is 1. The summed E-state index contributed by atoms with van der Waals surface area (Å²) >= 11 is 1.71. The maximum absolute atomic E-state index is 13.7. The summed E-state index contributed by atoms with van der Waals surface area (Å²) in [7, 11) is 1.67. The van der Waals surface area contributed by atoms with Crippen LogP contribution in [0.3, 0.4) is 0 Å². The van der Waals surface area contributed by atoms with Crippen LogP contribution in [0, 0.1) is 0 Å². The second-order valence-corrected chi connectivity index (χ2v) is 10.7. The van der Waals surface area contributed by atoms with E-state index in [4.69, 9.17) is 14.5 Å². The van der Waals surface area contributed by atoms with Crippen LogP contribution in [0.4, 0.5) is 0 Å². The number of nitrogens with zero attached hydrogens (tertiary/aromatic N) is 3. The van der Waals surface area contributed by atoms with E-state index in [1.807, 2.05) is 65.4 Å². The van der Waals surface area contributed by atoms with Crippen LogP contribution in [-0.4, -0.2) is 33.6 Å². The maximum atomic E-state index is 13.7. The molecule has 0 aliphatic heterocycles. The zero-order chi connectivity index (χ0) is 26.8. The Morgan fingerprint density at radius 3 is 2.33 bits per heavy atom. The number of aromatic nitrogens is 3. The highest BCUT2D eigenvalue weighted by Gasteiger charge is 2.19. The van der Waals surface area contributed by atoms with Crippen LogP contribution in [0.2, 0.25) is 0 Å². The van der Waals surface area contributed by atoms with E-state index in [-0.39, 0.29) is 11.8 Å². The van der Waals surface area contributed by atoms with Gasteiger partial charge in [0.1, 0.15) is 5.82 Å². The second kappa shape index (κ2) is 11.0. The van der Waals surface area contributed by atoms with Gasteiger partial charge in [-0.2, -0.15) is 0 Å². The van der Waals surface area contributed by atoms with Gasteiger partial charge in [-0.15, -0.1) is 11.8 Å². The molecule has 7 heteroatoms. The molecule has 0 atom stereocenters. The van der Waals surface area contributed by atoms with E-state index in [2.05, 4.69) is 30.5 Å². The van der Waals surface area contributed by atoms with E-state index in [1.54, 1.807) is 23.4 Å². The summed E-state index contributed by atoms with van der Waals surface area (Å²) in [6, 6.07) is 26.1. The standard InChI is InChI=1S/C32H31N3O3S/c1-37-29-17-13-23(19-30(29)38-25-7-3-4-8-25)24-14-18-31(33-20-24)35-28-10-6-5-9-27(28)34(32(35)36)21-22-11-15-26(39-2)16-12-22/h5-6,9-20,25H,3-4,7-8,21H2,1-2H3. The third kappa shape index (κ3) is 5.06. The largest absolute Gasteiger partial charge is 0.493 e. The quantitative estimate of drug-likeness (QED) is 0.200. The normalized spacial score (nSPS) is 13.7. The van der Waals surface area contributed by atoms with Gasteiger partial charge in [0.25, 0.3) is 0 Å². The van der Waals surface area contributed by atoms with Crippen molar-refractivity contribution in [2.75, 3.05) is 13.4 Å². The Morgan fingerprint density at radius 1 is 0.897 bits per heavy atom. The molecule has 3 aromatic carbocycles. The third-order valence-electron chi connectivity index (χ3n) is 7.41. The number of hydrogen-bond donors (Lipinski definition) is 0. The number of fused-ring (bicyclic) bond motifs is 1. The molecule has 6 rings (SSSR count). The van der Waals surface area contributed by atoms with Gasteiger partial charge in [-0.1, -0.05) is 30.3 Å². The molecule has 6 nitrogen and oxygen atoms in total. The zero-order valence-corrected chi connectivity index (χ0v) is 23.0. The van der Waals surface area contributed by atoms with Crippen LogP contribution in [-0.2, 0) is 6.54 Å². The molecule has 1 aliphatic rings. The van der Waals surface area contributed by atoms with Crippen LogP contribution in [0.5, 0.6) is 11.5 Å². The minimum absolute atomic E-state index is 0.109. The van der Waals surface area contributed by atoms with Gasteiger partial charge in [0.15, 0.2) is 11.5 Å². The van der Waals surface area contributed by atoms with Gasteiger partial charge in [-0.05, 0) is 91.6 Å². The number of ether oxygens (including phenoxy) is 2. The number of rotatable bonds is 8. The SMILES string of the molecule is COc1ccc(-c2ccc(-n3c(=O)n(Cc4ccc(SC)cc4)c4ccccc43)nc2)cc1OC1CCCC1. The van der Waals surface area contributed by atoms with Crippen LogP contribution >= 0.6 is 11.8 Å². The highest BCUT2D eigenvalue weighted by atomic mass is 32.2. The molecule has 2 heterocycles. The van der Waals surface area contributed by atoms with Crippen LogP contribution in [0.1, 0.15) is 31.2 Å². The van der Waals surface area contributed by atoms with E-state index in [1.165, 1.54) is 17.7 Å². The first kappa shape index (κ1) is 25.3. The van der Waals surface area contributed by atoms with Crippen LogP contribution < -0.4 is 15.2 Å². The molecule has 0 spiro atoms. The lowest BCUT2D eigenvalue weighted by molar-refractivity contribution is 0.201. The van der Waals surface area contributed by atoms with Crippen molar-refractivity contribution in [3.8, 4) is 28.4 Å². The van der Waals surface area contributed by atoms with Gasteiger partial charge in [-0.3, -0.25) is 4.57 Å². The average Bonchev–Trinajstić information content (AvgIpc) is 3.59. The molecular weight excluding hydrogens is 506 g/mol. The summed E-state index contributed by atoms with van der Waals surface area (Å²) in [6.07, 6.45) is 8.68. The molecule has 0 N–H and O–H groups in total. The summed E-state index contributed by atoms with van der Waals surface area (Å²) in [5, 5.41) is 0. The van der Waals surface area contributed by atoms with Gasteiger partial charge in [0, 0.05) is 16.7 Å². The molecule has 0 bridgehead atoms. The van der Waals surface area contributed by atoms with Crippen molar-refractivity contribution in [3.05, 3.63) is 101 Å². The lowest BCUT2D eigenvalue weighted by Gasteiger charge is -2.17. The fraction of sp³-hybridized carbons (Fsp3) is 0.250. The summed E-state index contributed by atoms with van der Waals surface area (Å²) in [4.78, 5) is 19.6. The van der Waals surface area contributed by atoms with Crippen molar-refractivity contribution in [1.82, 2.24) is 14.1 Å². The molecule has 39 heavy (non-hydrogen) atoms. The summed E-state index contributed by atoms with van der Waals surface area (Å²) < 4.78 is 15.3. The molecule has 0 radical (unpaired) electrons. The number of pyridine rings is 1. The van der Waals surface area contributed by atoms with Crippen molar-refractivity contribution in [1.29, 1.82) is 0 Å². The van der Waals surface area contributed by atoms with E-state index in [9.17, 15) is 4.79 Å². The Morgan fingerprint density at radius 2 is 1.64 bits per heavy atom. The summed E-state index contributed by atoms with van der Waals surface area (Å²) in [5.41, 5.74) is 4.62. The molecule has 0 amide bonds. The first-order valence-corrected chi connectivity index (χ1v) is 14.5. The molecular formula is C32H31N3O3S. The van der Waals surface area contributed by atoms with Gasteiger partial charge >= 0.3 is 5.69 Å². The second-order valence-electron chi connectivity index (χ2n) is 9.84. The predicted molar refractivity (Wildman–Crippen MR) is 158 cm³/mol. The maximum Gasteiger partial charge on any atom is 0.335 e.